The largest absolute Gasteiger partial charge is 0.496 e. The van der Waals surface area contributed by atoms with Gasteiger partial charge in [0, 0.05) is 16.7 Å². The van der Waals surface area contributed by atoms with Gasteiger partial charge in [0.25, 0.3) is 0 Å². The lowest BCUT2D eigenvalue weighted by Gasteiger charge is -2.04. The van der Waals surface area contributed by atoms with Crippen LogP contribution in [0.25, 0.3) is 6.08 Å². The molecule has 0 aliphatic rings. The quantitative estimate of drug-likeness (QED) is 0.783. The minimum atomic E-state index is -0.998. The van der Waals surface area contributed by atoms with Gasteiger partial charge in [0.1, 0.15) is 5.75 Å². The molecule has 0 unspecified atom stereocenters. The molecule has 0 aromatic heterocycles. The summed E-state index contributed by atoms with van der Waals surface area (Å²) >= 11 is 5.74. The van der Waals surface area contributed by atoms with Crippen LogP contribution in [-0.2, 0) is 4.79 Å². The van der Waals surface area contributed by atoms with E-state index in [1.165, 1.54) is 13.2 Å². The minimum Gasteiger partial charge on any atom is -0.496 e. The molecule has 1 aromatic carbocycles. The minimum absolute atomic E-state index is 0.550. The van der Waals surface area contributed by atoms with Crippen LogP contribution in [0.5, 0.6) is 5.75 Å². The summed E-state index contributed by atoms with van der Waals surface area (Å²) in [6, 6.07) is 5.00. The van der Waals surface area contributed by atoms with Gasteiger partial charge in [0.05, 0.1) is 7.11 Å². The van der Waals surface area contributed by atoms with E-state index in [1.54, 1.807) is 18.2 Å². The van der Waals surface area contributed by atoms with Crippen molar-refractivity contribution in [3.05, 3.63) is 34.9 Å². The Morgan fingerprint density at radius 1 is 1.57 bits per heavy atom. The second-order valence-electron chi connectivity index (χ2n) is 2.56. The summed E-state index contributed by atoms with van der Waals surface area (Å²) in [6.07, 6.45) is 2.50. The molecular formula is C10H9ClO3. The summed E-state index contributed by atoms with van der Waals surface area (Å²) in [7, 11) is 1.50. The topological polar surface area (TPSA) is 46.5 Å². The molecule has 0 heterocycles. The zero-order valence-corrected chi connectivity index (χ0v) is 8.28. The average molecular weight is 213 g/mol. The molecule has 0 aliphatic heterocycles. The lowest BCUT2D eigenvalue weighted by Crippen LogP contribution is -1.89. The zero-order chi connectivity index (χ0) is 10.6. The molecule has 0 saturated heterocycles. The fourth-order valence-corrected chi connectivity index (χ4v) is 1.15. The number of halogens is 1. The molecule has 0 bridgehead atoms. The monoisotopic (exact) mass is 212 g/mol. The standard InChI is InChI=1S/C10H9ClO3/c1-14-9-6-8(11)4-2-7(9)3-5-10(12)13/h2-6H,1H3,(H,12,13)/b5-3+. The number of hydrogen-bond donors (Lipinski definition) is 1. The number of carboxylic acids is 1. The van der Waals surface area contributed by atoms with E-state index in [-0.39, 0.29) is 0 Å². The lowest BCUT2D eigenvalue weighted by molar-refractivity contribution is -0.131. The molecule has 0 atom stereocenters. The van der Waals surface area contributed by atoms with Gasteiger partial charge in [0.2, 0.25) is 0 Å². The summed E-state index contributed by atoms with van der Waals surface area (Å²) in [5, 5.41) is 8.99. The normalized spacial score (nSPS) is 10.4. The summed E-state index contributed by atoms with van der Waals surface area (Å²) < 4.78 is 5.03. The van der Waals surface area contributed by atoms with E-state index in [1.807, 2.05) is 0 Å². The highest BCUT2D eigenvalue weighted by Crippen LogP contribution is 2.23. The maximum absolute atomic E-state index is 10.3. The predicted octanol–water partition coefficient (Wildman–Crippen LogP) is 2.45. The highest BCUT2D eigenvalue weighted by Gasteiger charge is 2.00. The first-order valence-electron chi connectivity index (χ1n) is 3.88. The van der Waals surface area contributed by atoms with Gasteiger partial charge in [-0.05, 0) is 24.3 Å². The van der Waals surface area contributed by atoms with Gasteiger partial charge in [-0.3, -0.25) is 0 Å². The van der Waals surface area contributed by atoms with E-state index in [4.69, 9.17) is 21.4 Å². The van der Waals surface area contributed by atoms with E-state index >= 15 is 0 Å². The van der Waals surface area contributed by atoms with E-state index in [2.05, 4.69) is 0 Å². The number of aliphatic carboxylic acids is 1. The summed E-state index contributed by atoms with van der Waals surface area (Å²) in [5.41, 5.74) is 0.680. The maximum atomic E-state index is 10.3. The number of hydrogen-bond acceptors (Lipinski definition) is 2. The van der Waals surface area contributed by atoms with Crippen molar-refractivity contribution in [2.24, 2.45) is 0 Å². The highest BCUT2D eigenvalue weighted by molar-refractivity contribution is 6.30. The van der Waals surface area contributed by atoms with Crippen LogP contribution >= 0.6 is 11.6 Å². The summed E-state index contributed by atoms with van der Waals surface area (Å²) in [6.45, 7) is 0. The van der Waals surface area contributed by atoms with Crippen molar-refractivity contribution >= 4 is 23.6 Å². The van der Waals surface area contributed by atoms with Crippen molar-refractivity contribution in [2.75, 3.05) is 7.11 Å². The van der Waals surface area contributed by atoms with Crippen molar-refractivity contribution in [3.63, 3.8) is 0 Å². The van der Waals surface area contributed by atoms with Gasteiger partial charge >= 0.3 is 5.97 Å². The van der Waals surface area contributed by atoms with Crippen LogP contribution < -0.4 is 4.74 Å². The first-order chi connectivity index (χ1) is 6.63. The van der Waals surface area contributed by atoms with Gasteiger partial charge in [0.15, 0.2) is 0 Å². The number of carbonyl (C=O) groups is 1. The third-order valence-electron chi connectivity index (χ3n) is 1.60. The van der Waals surface area contributed by atoms with Crippen molar-refractivity contribution in [2.45, 2.75) is 0 Å². The highest BCUT2D eigenvalue weighted by atomic mass is 35.5. The van der Waals surface area contributed by atoms with Crippen molar-refractivity contribution < 1.29 is 14.6 Å². The zero-order valence-electron chi connectivity index (χ0n) is 7.53. The Morgan fingerprint density at radius 3 is 2.86 bits per heavy atom. The Kier molecular flexibility index (Phi) is 3.54. The Balaban J connectivity index is 3.02. The van der Waals surface area contributed by atoms with Crippen LogP contribution in [0.3, 0.4) is 0 Å². The molecule has 74 valence electrons. The van der Waals surface area contributed by atoms with Crippen LogP contribution in [0.4, 0.5) is 0 Å². The summed E-state index contributed by atoms with van der Waals surface area (Å²) in [4.78, 5) is 10.3. The molecule has 0 amide bonds. The molecule has 0 saturated carbocycles. The third kappa shape index (κ3) is 2.78. The molecule has 0 fully saturated rings. The Hall–Kier alpha value is -1.48. The van der Waals surface area contributed by atoms with Crippen LogP contribution in [0, 0.1) is 0 Å². The fourth-order valence-electron chi connectivity index (χ4n) is 0.984. The predicted molar refractivity (Wildman–Crippen MR) is 54.7 cm³/mol. The van der Waals surface area contributed by atoms with Crippen molar-refractivity contribution in [1.29, 1.82) is 0 Å². The Labute approximate surface area is 86.6 Å². The molecule has 3 nitrogen and oxygen atoms in total. The average Bonchev–Trinajstić information content (AvgIpc) is 2.15. The molecule has 1 N–H and O–H groups in total. The lowest BCUT2D eigenvalue weighted by atomic mass is 10.2. The van der Waals surface area contributed by atoms with Crippen LogP contribution in [0.1, 0.15) is 5.56 Å². The molecule has 14 heavy (non-hydrogen) atoms. The molecule has 0 aliphatic carbocycles. The number of benzene rings is 1. The number of methoxy groups -OCH3 is 1. The van der Waals surface area contributed by atoms with Gasteiger partial charge in [-0.2, -0.15) is 0 Å². The van der Waals surface area contributed by atoms with Crippen LogP contribution in [0.15, 0.2) is 24.3 Å². The third-order valence-corrected chi connectivity index (χ3v) is 1.84. The van der Waals surface area contributed by atoms with E-state index in [0.29, 0.717) is 16.3 Å². The number of ether oxygens (including phenoxy) is 1. The van der Waals surface area contributed by atoms with Gasteiger partial charge in [-0.1, -0.05) is 11.6 Å². The Morgan fingerprint density at radius 2 is 2.29 bits per heavy atom. The number of carboxylic acid groups (broad SMARTS) is 1. The van der Waals surface area contributed by atoms with E-state index in [0.717, 1.165) is 6.08 Å². The van der Waals surface area contributed by atoms with Gasteiger partial charge in [-0.15, -0.1) is 0 Å². The van der Waals surface area contributed by atoms with Crippen molar-refractivity contribution in [3.8, 4) is 5.75 Å². The smallest absolute Gasteiger partial charge is 0.328 e. The molecule has 1 rings (SSSR count). The first kappa shape index (κ1) is 10.6. The fraction of sp³-hybridized carbons (Fsp3) is 0.100. The second-order valence-corrected chi connectivity index (χ2v) is 2.99. The molecule has 0 radical (unpaired) electrons. The Bertz CT molecular complexity index is 372. The van der Waals surface area contributed by atoms with E-state index < -0.39 is 5.97 Å². The SMILES string of the molecule is COc1cc(Cl)ccc1/C=C/C(=O)O. The van der Waals surface area contributed by atoms with Gasteiger partial charge < -0.3 is 9.84 Å². The van der Waals surface area contributed by atoms with Crippen LogP contribution in [0.2, 0.25) is 5.02 Å². The first-order valence-corrected chi connectivity index (χ1v) is 4.26. The van der Waals surface area contributed by atoms with Crippen LogP contribution in [-0.4, -0.2) is 18.2 Å². The summed E-state index contributed by atoms with van der Waals surface area (Å²) in [5.74, 6) is -0.447. The second kappa shape index (κ2) is 4.67. The van der Waals surface area contributed by atoms with Gasteiger partial charge in [-0.25, -0.2) is 4.79 Å². The molecule has 0 spiro atoms. The molecule has 4 heteroatoms. The van der Waals surface area contributed by atoms with E-state index in [9.17, 15) is 4.79 Å². The van der Waals surface area contributed by atoms with Crippen molar-refractivity contribution in [1.82, 2.24) is 0 Å². The molecule has 1 aromatic rings. The number of rotatable bonds is 3. The molecular weight excluding hydrogens is 204 g/mol. The maximum Gasteiger partial charge on any atom is 0.328 e.